The first-order valence-corrected chi connectivity index (χ1v) is 7.09. The van der Waals surface area contributed by atoms with Crippen molar-refractivity contribution in [1.29, 1.82) is 0 Å². The summed E-state index contributed by atoms with van der Waals surface area (Å²) >= 11 is 0. The maximum atomic E-state index is 10.9. The van der Waals surface area contributed by atoms with Crippen molar-refractivity contribution in [3.63, 3.8) is 0 Å². The quantitative estimate of drug-likeness (QED) is 0.893. The summed E-state index contributed by atoms with van der Waals surface area (Å²) in [6.07, 6.45) is 2.18. The van der Waals surface area contributed by atoms with Crippen LogP contribution in [0.25, 0.3) is 0 Å². The van der Waals surface area contributed by atoms with Gasteiger partial charge in [-0.1, -0.05) is 0 Å². The van der Waals surface area contributed by atoms with Gasteiger partial charge in [-0.2, -0.15) is 0 Å². The predicted molar refractivity (Wildman–Crippen MR) is 74.8 cm³/mol. The van der Waals surface area contributed by atoms with Crippen molar-refractivity contribution in [1.82, 2.24) is 4.90 Å². The third kappa shape index (κ3) is 2.90. The second-order valence-electron chi connectivity index (χ2n) is 5.40. The highest BCUT2D eigenvalue weighted by molar-refractivity contribution is 5.67. The molecule has 2 aliphatic heterocycles. The molecular weight excluding hydrogens is 274 g/mol. The Labute approximate surface area is 123 Å². The predicted octanol–water partition coefficient (Wildman–Crippen LogP) is 1.86. The van der Waals surface area contributed by atoms with Crippen LogP contribution in [-0.4, -0.2) is 42.5 Å². The molecular formula is C15H19NO5. The van der Waals surface area contributed by atoms with Gasteiger partial charge in [0, 0.05) is 12.6 Å². The van der Waals surface area contributed by atoms with Gasteiger partial charge in [0.1, 0.15) is 0 Å². The van der Waals surface area contributed by atoms with Crippen LogP contribution in [0, 0.1) is 0 Å². The standard InChI is InChI=1S/C15H19NO5/c1-19-12-5-10(6-13-15(12)21-9-20-13)8-16-4-2-3-11(16)7-14(17)18/h5-6,11H,2-4,7-9H2,1H3,(H,17,18). The highest BCUT2D eigenvalue weighted by Crippen LogP contribution is 2.42. The van der Waals surface area contributed by atoms with Gasteiger partial charge >= 0.3 is 5.97 Å². The van der Waals surface area contributed by atoms with Gasteiger partial charge in [0.05, 0.1) is 13.5 Å². The molecule has 0 aromatic heterocycles. The van der Waals surface area contributed by atoms with E-state index in [1.54, 1.807) is 7.11 Å². The van der Waals surface area contributed by atoms with Gasteiger partial charge in [-0.3, -0.25) is 9.69 Å². The minimum absolute atomic E-state index is 0.110. The molecule has 1 unspecified atom stereocenters. The smallest absolute Gasteiger partial charge is 0.304 e. The number of rotatable bonds is 5. The molecule has 0 aliphatic carbocycles. The second kappa shape index (κ2) is 5.81. The van der Waals surface area contributed by atoms with Crippen molar-refractivity contribution >= 4 is 5.97 Å². The molecule has 6 heteroatoms. The minimum Gasteiger partial charge on any atom is -0.493 e. The normalized spacial score (nSPS) is 20.7. The topological polar surface area (TPSA) is 68.2 Å². The maximum Gasteiger partial charge on any atom is 0.304 e. The second-order valence-corrected chi connectivity index (χ2v) is 5.40. The summed E-state index contributed by atoms with van der Waals surface area (Å²) in [4.78, 5) is 13.1. The maximum absolute atomic E-state index is 10.9. The van der Waals surface area contributed by atoms with Crippen molar-refractivity contribution in [2.24, 2.45) is 0 Å². The Morgan fingerprint density at radius 3 is 3.10 bits per heavy atom. The Kier molecular flexibility index (Phi) is 3.88. The lowest BCUT2D eigenvalue weighted by Gasteiger charge is -2.23. The van der Waals surface area contributed by atoms with E-state index in [0.717, 1.165) is 24.9 Å². The lowest BCUT2D eigenvalue weighted by atomic mass is 10.1. The summed E-state index contributed by atoms with van der Waals surface area (Å²) in [5, 5.41) is 8.98. The fourth-order valence-electron chi connectivity index (χ4n) is 3.05. The van der Waals surface area contributed by atoms with Crippen LogP contribution >= 0.6 is 0 Å². The highest BCUT2D eigenvalue weighted by Gasteiger charge is 2.28. The van der Waals surface area contributed by atoms with Gasteiger partial charge in [0.2, 0.25) is 12.5 Å². The lowest BCUT2D eigenvalue weighted by molar-refractivity contribution is -0.138. The molecule has 3 rings (SSSR count). The Morgan fingerprint density at radius 1 is 1.48 bits per heavy atom. The fraction of sp³-hybridized carbons (Fsp3) is 0.533. The molecule has 1 saturated heterocycles. The Hall–Kier alpha value is -1.95. The van der Waals surface area contributed by atoms with Crippen LogP contribution in [-0.2, 0) is 11.3 Å². The first-order chi connectivity index (χ1) is 10.2. The van der Waals surface area contributed by atoms with Crippen LogP contribution in [0.3, 0.4) is 0 Å². The monoisotopic (exact) mass is 293 g/mol. The number of nitrogens with zero attached hydrogens (tertiary/aromatic N) is 1. The molecule has 0 saturated carbocycles. The van der Waals surface area contributed by atoms with Crippen LogP contribution in [0.4, 0.5) is 0 Å². The Balaban J connectivity index is 1.77. The molecule has 21 heavy (non-hydrogen) atoms. The number of carbonyl (C=O) groups is 1. The van der Waals surface area contributed by atoms with Crippen LogP contribution in [0.1, 0.15) is 24.8 Å². The van der Waals surface area contributed by atoms with Gasteiger partial charge in [-0.25, -0.2) is 0 Å². The summed E-state index contributed by atoms with van der Waals surface area (Å²) in [5.74, 6) is 1.26. The lowest BCUT2D eigenvalue weighted by Crippen LogP contribution is -2.30. The van der Waals surface area contributed by atoms with E-state index in [-0.39, 0.29) is 19.3 Å². The average molecular weight is 293 g/mol. The third-order valence-corrected chi connectivity index (χ3v) is 4.01. The van der Waals surface area contributed by atoms with Crippen LogP contribution in [0.2, 0.25) is 0 Å². The third-order valence-electron chi connectivity index (χ3n) is 4.01. The fourth-order valence-corrected chi connectivity index (χ4v) is 3.05. The molecule has 0 radical (unpaired) electrons. The number of aliphatic carboxylic acids is 1. The van der Waals surface area contributed by atoms with Gasteiger partial charge in [0.15, 0.2) is 11.5 Å². The number of carboxylic acid groups (broad SMARTS) is 1. The molecule has 0 bridgehead atoms. The average Bonchev–Trinajstić information content (AvgIpc) is 3.07. The summed E-state index contributed by atoms with van der Waals surface area (Å²) in [6, 6.07) is 3.99. The molecule has 1 aromatic carbocycles. The van der Waals surface area contributed by atoms with E-state index in [0.29, 0.717) is 23.8 Å². The molecule has 6 nitrogen and oxygen atoms in total. The molecule has 1 N–H and O–H groups in total. The number of ether oxygens (including phenoxy) is 3. The first kappa shape index (κ1) is 14.0. The number of hydrogen-bond acceptors (Lipinski definition) is 5. The van der Waals surface area contributed by atoms with Crippen molar-refractivity contribution in [2.75, 3.05) is 20.4 Å². The van der Waals surface area contributed by atoms with Crippen LogP contribution in [0.5, 0.6) is 17.2 Å². The van der Waals surface area contributed by atoms with Gasteiger partial charge in [-0.05, 0) is 37.1 Å². The molecule has 0 amide bonds. The van der Waals surface area contributed by atoms with Crippen LogP contribution in [0.15, 0.2) is 12.1 Å². The molecule has 1 atom stereocenters. The van der Waals surface area contributed by atoms with Crippen molar-refractivity contribution in [3.8, 4) is 17.2 Å². The van der Waals surface area contributed by atoms with Crippen molar-refractivity contribution in [3.05, 3.63) is 17.7 Å². The summed E-state index contributed by atoms with van der Waals surface area (Å²) < 4.78 is 16.1. The first-order valence-electron chi connectivity index (χ1n) is 7.09. The van der Waals surface area contributed by atoms with E-state index in [4.69, 9.17) is 19.3 Å². The zero-order valence-electron chi connectivity index (χ0n) is 12.0. The van der Waals surface area contributed by atoms with E-state index in [2.05, 4.69) is 4.90 Å². The number of hydrogen-bond donors (Lipinski definition) is 1. The van der Waals surface area contributed by atoms with Gasteiger partial charge < -0.3 is 19.3 Å². The van der Waals surface area contributed by atoms with E-state index in [9.17, 15) is 4.79 Å². The SMILES string of the molecule is COc1cc(CN2CCCC2CC(=O)O)cc2c1OCO2. The van der Waals surface area contributed by atoms with Crippen molar-refractivity contribution in [2.45, 2.75) is 31.8 Å². The largest absolute Gasteiger partial charge is 0.493 e. The van der Waals surface area contributed by atoms with E-state index < -0.39 is 5.97 Å². The van der Waals surface area contributed by atoms with Crippen LogP contribution < -0.4 is 14.2 Å². The number of likely N-dealkylation sites (tertiary alicyclic amines) is 1. The minimum atomic E-state index is -0.741. The molecule has 2 aliphatic rings. The summed E-state index contributed by atoms with van der Waals surface area (Å²) in [5.41, 5.74) is 1.05. The van der Waals surface area contributed by atoms with Gasteiger partial charge in [0.25, 0.3) is 0 Å². The number of benzene rings is 1. The zero-order chi connectivity index (χ0) is 14.8. The molecule has 1 fully saturated rings. The zero-order valence-corrected chi connectivity index (χ0v) is 12.0. The van der Waals surface area contributed by atoms with E-state index in [1.165, 1.54) is 0 Å². The summed E-state index contributed by atoms with van der Waals surface area (Å²) in [7, 11) is 1.60. The molecule has 0 spiro atoms. The molecule has 1 aromatic rings. The Morgan fingerprint density at radius 2 is 2.33 bits per heavy atom. The summed E-state index contributed by atoms with van der Waals surface area (Å²) in [6.45, 7) is 1.83. The molecule has 2 heterocycles. The van der Waals surface area contributed by atoms with Gasteiger partial charge in [-0.15, -0.1) is 0 Å². The number of carboxylic acids is 1. The van der Waals surface area contributed by atoms with Crippen molar-refractivity contribution < 1.29 is 24.1 Å². The number of methoxy groups -OCH3 is 1. The Bertz CT molecular complexity index is 545. The van der Waals surface area contributed by atoms with E-state index >= 15 is 0 Å². The molecule has 114 valence electrons. The highest BCUT2D eigenvalue weighted by atomic mass is 16.7. The van der Waals surface area contributed by atoms with E-state index in [1.807, 2.05) is 12.1 Å². The number of fused-ring (bicyclic) bond motifs is 1.